The van der Waals surface area contributed by atoms with Gasteiger partial charge >= 0.3 is 0 Å². The molecule has 0 saturated heterocycles. The summed E-state index contributed by atoms with van der Waals surface area (Å²) in [7, 11) is 0. The normalized spacial score (nSPS) is 6.00. The Kier molecular flexibility index (Phi) is 8.51. The van der Waals surface area contributed by atoms with E-state index in [1.165, 1.54) is 0 Å². The zero-order chi connectivity index (χ0) is 4.24. The molecule has 0 aliphatic heterocycles. The van der Waals surface area contributed by atoms with Crippen molar-refractivity contribution in [1.29, 1.82) is 0 Å². The minimum Gasteiger partial charge on any atom is -0.0623 e. The van der Waals surface area contributed by atoms with Crippen LogP contribution < -0.4 is 0 Å². The average molecular weight is 124 g/mol. The summed E-state index contributed by atoms with van der Waals surface area (Å²) >= 11 is 0. The summed E-state index contributed by atoms with van der Waals surface area (Å²) in [5.74, 6) is 0. The molecule has 1 aromatic carbocycles. The van der Waals surface area contributed by atoms with Gasteiger partial charge in [0.2, 0.25) is 0 Å². The maximum atomic E-state index is 2.00. The van der Waals surface area contributed by atoms with E-state index in [2.05, 4.69) is 0 Å². The highest BCUT2D eigenvalue weighted by Crippen LogP contribution is 1.79. The van der Waals surface area contributed by atoms with Crippen LogP contribution in [0.1, 0.15) is 0 Å². The van der Waals surface area contributed by atoms with Crippen LogP contribution in [0.4, 0.5) is 0 Å². The molecule has 0 aromatic heterocycles. The highest BCUT2D eigenvalue weighted by Gasteiger charge is 1.57. The summed E-state index contributed by atoms with van der Waals surface area (Å²) in [5.41, 5.74) is 0. The third-order valence-electron chi connectivity index (χ3n) is 0.667. The molecule has 2 heteroatoms. The van der Waals surface area contributed by atoms with Gasteiger partial charge in [-0.25, -0.2) is 0 Å². The lowest BCUT2D eigenvalue weighted by Crippen LogP contribution is -1.47. The molecule has 0 aliphatic carbocycles. The average Bonchev–Trinajstić information content (AvgIpc) is 1.72. The van der Waals surface area contributed by atoms with Gasteiger partial charge in [-0.05, 0) is 11.0 Å². The van der Waals surface area contributed by atoms with Gasteiger partial charge in [-0.15, -0.1) is 0 Å². The van der Waals surface area contributed by atoms with Gasteiger partial charge in [-0.3, -0.25) is 0 Å². The van der Waals surface area contributed by atoms with Gasteiger partial charge < -0.3 is 0 Å². The van der Waals surface area contributed by atoms with E-state index in [1.54, 1.807) is 0 Å². The van der Waals surface area contributed by atoms with Crippen LogP contribution in [-0.4, -0.2) is 19.4 Å². The second-order valence-electron chi connectivity index (χ2n) is 1.15. The molecule has 0 spiro atoms. The topological polar surface area (TPSA) is 0 Å². The summed E-state index contributed by atoms with van der Waals surface area (Å²) in [6, 6.07) is 12.0. The number of hydrogen-bond acceptors (Lipinski definition) is 0. The summed E-state index contributed by atoms with van der Waals surface area (Å²) in [4.78, 5) is 0. The molecule has 0 radical (unpaired) electrons. The molecule has 0 saturated carbocycles. The van der Waals surface area contributed by atoms with Gasteiger partial charge in [0.15, 0.2) is 0 Å². The minimum atomic E-state index is 0. The highest BCUT2D eigenvalue weighted by molar-refractivity contribution is 5.76. The first kappa shape index (κ1) is 10.5. The molecule has 0 heterocycles. The molecule has 1 aromatic rings. The monoisotopic (exact) mass is 124 g/mol. The molecule has 8 heavy (non-hydrogen) atoms. The zero-order valence-corrected chi connectivity index (χ0v) is 3.46. The SMILES string of the molecule is B.[SiH4].c1ccccc1. The van der Waals surface area contributed by atoms with Crippen LogP contribution in [0.15, 0.2) is 36.4 Å². The van der Waals surface area contributed by atoms with Gasteiger partial charge in [0.1, 0.15) is 0 Å². The molecular formula is C6H13BSi. The third-order valence-corrected chi connectivity index (χ3v) is 0.667. The van der Waals surface area contributed by atoms with Crippen molar-refractivity contribution in [3.05, 3.63) is 36.4 Å². The van der Waals surface area contributed by atoms with Crippen LogP contribution >= 0.6 is 0 Å². The molecule has 0 unspecified atom stereocenters. The molecule has 44 valence electrons. The molecule has 0 aliphatic rings. The Morgan fingerprint density at radius 1 is 0.500 bits per heavy atom. The maximum absolute atomic E-state index is 2.00. The van der Waals surface area contributed by atoms with Crippen LogP contribution in [0, 0.1) is 0 Å². The number of benzene rings is 1. The zero-order valence-electron chi connectivity index (χ0n) is 3.46. The lowest BCUT2D eigenvalue weighted by Gasteiger charge is -1.69. The fourth-order valence-electron chi connectivity index (χ4n) is 0.385. The first-order valence-electron chi connectivity index (χ1n) is 2.00. The summed E-state index contributed by atoms with van der Waals surface area (Å²) in [6.07, 6.45) is 0. The standard InChI is InChI=1S/C6H6.BH3.H4Si/c1-2-4-6-5-3-1;;/h1-6H;1H3;1H4. The first-order valence-corrected chi connectivity index (χ1v) is 2.00. The predicted molar refractivity (Wildman–Crippen MR) is 47.7 cm³/mol. The van der Waals surface area contributed by atoms with Crippen molar-refractivity contribution in [2.45, 2.75) is 0 Å². The van der Waals surface area contributed by atoms with E-state index in [0.29, 0.717) is 0 Å². The fraction of sp³-hybridized carbons (Fsp3) is 0. The van der Waals surface area contributed by atoms with Gasteiger partial charge in [0.05, 0.1) is 8.41 Å². The molecule has 0 N–H and O–H groups in total. The Hall–Kier alpha value is -0.498. The smallest absolute Gasteiger partial charge is 0.0623 e. The molecule has 1 rings (SSSR count). The van der Waals surface area contributed by atoms with Gasteiger partial charge in [-0.1, -0.05) is 36.4 Å². The fourth-order valence-corrected chi connectivity index (χ4v) is 0.385. The Balaban J connectivity index is 0. The Morgan fingerprint density at radius 2 is 0.625 bits per heavy atom. The minimum absolute atomic E-state index is 0. The van der Waals surface area contributed by atoms with E-state index in [1.807, 2.05) is 36.4 Å². The van der Waals surface area contributed by atoms with Crippen LogP contribution in [0.3, 0.4) is 0 Å². The molecule has 0 atom stereocenters. The molecule has 0 bridgehead atoms. The second-order valence-corrected chi connectivity index (χ2v) is 1.15. The van der Waals surface area contributed by atoms with E-state index in [9.17, 15) is 0 Å². The molecule has 0 amide bonds. The van der Waals surface area contributed by atoms with Crippen molar-refractivity contribution in [1.82, 2.24) is 0 Å². The van der Waals surface area contributed by atoms with Crippen molar-refractivity contribution in [2.24, 2.45) is 0 Å². The van der Waals surface area contributed by atoms with Crippen molar-refractivity contribution in [2.75, 3.05) is 0 Å². The lowest BCUT2D eigenvalue weighted by atomic mass is 10.4. The van der Waals surface area contributed by atoms with E-state index in [4.69, 9.17) is 0 Å². The van der Waals surface area contributed by atoms with Crippen LogP contribution in [0.5, 0.6) is 0 Å². The Morgan fingerprint density at radius 3 is 0.750 bits per heavy atom. The van der Waals surface area contributed by atoms with Gasteiger partial charge in [0, 0.05) is 0 Å². The highest BCUT2D eigenvalue weighted by atomic mass is 28.1. The molecule has 0 nitrogen and oxygen atoms in total. The number of rotatable bonds is 0. The van der Waals surface area contributed by atoms with E-state index >= 15 is 0 Å². The molecule has 0 fully saturated rings. The van der Waals surface area contributed by atoms with E-state index in [-0.39, 0.29) is 19.4 Å². The quantitative estimate of drug-likeness (QED) is 0.391. The van der Waals surface area contributed by atoms with Crippen LogP contribution in [0.2, 0.25) is 0 Å². The first-order chi connectivity index (χ1) is 3.00. The Bertz CT molecular complexity index is 80.5. The van der Waals surface area contributed by atoms with Gasteiger partial charge in [0.25, 0.3) is 0 Å². The number of hydrogen-bond donors (Lipinski definition) is 0. The predicted octanol–water partition coefficient (Wildman–Crippen LogP) is -0.949. The maximum Gasteiger partial charge on any atom is 0.0814 e. The van der Waals surface area contributed by atoms with Crippen LogP contribution in [-0.2, 0) is 0 Å². The van der Waals surface area contributed by atoms with E-state index < -0.39 is 0 Å². The largest absolute Gasteiger partial charge is 0.0814 e. The van der Waals surface area contributed by atoms with Gasteiger partial charge in [-0.2, -0.15) is 0 Å². The van der Waals surface area contributed by atoms with E-state index in [0.717, 1.165) is 0 Å². The molecular weight excluding hydrogens is 111 g/mol. The van der Waals surface area contributed by atoms with Crippen LogP contribution in [0.25, 0.3) is 0 Å². The van der Waals surface area contributed by atoms with Crippen molar-refractivity contribution < 1.29 is 0 Å². The lowest BCUT2D eigenvalue weighted by molar-refractivity contribution is 1.72. The third kappa shape index (κ3) is 3.68. The van der Waals surface area contributed by atoms with Crippen molar-refractivity contribution >= 4 is 19.4 Å². The summed E-state index contributed by atoms with van der Waals surface area (Å²) in [6.45, 7) is 0. The summed E-state index contributed by atoms with van der Waals surface area (Å²) in [5, 5.41) is 0. The van der Waals surface area contributed by atoms with Crippen molar-refractivity contribution in [3.8, 4) is 0 Å². The second kappa shape index (κ2) is 6.50. The summed E-state index contributed by atoms with van der Waals surface area (Å²) < 4.78 is 0. The van der Waals surface area contributed by atoms with Crippen molar-refractivity contribution in [3.63, 3.8) is 0 Å². The Labute approximate surface area is 56.5 Å².